The normalized spacial score (nSPS) is 12.1. The van der Waals surface area contributed by atoms with Crippen molar-refractivity contribution in [2.45, 2.75) is 6.18 Å². The third kappa shape index (κ3) is 3.64. The van der Waals surface area contributed by atoms with Crippen LogP contribution >= 0.6 is 15.9 Å². The minimum atomic E-state index is -4.48. The minimum Gasteiger partial charge on any atom is -0.369 e. The highest BCUT2D eigenvalue weighted by atomic mass is 79.9. The maximum Gasteiger partial charge on any atom is 0.417 e. The number of guanidine groups is 1. The molecule has 0 atom stereocenters. The molecule has 0 aliphatic heterocycles. The predicted molar refractivity (Wildman–Crippen MR) is 59.2 cm³/mol. The molecule has 0 aromatic heterocycles. The lowest BCUT2D eigenvalue weighted by Gasteiger charge is -2.09. The highest BCUT2D eigenvalue weighted by Crippen LogP contribution is 2.36. The average molecular weight is 307 g/mol. The Balaban J connectivity index is 3.15. The van der Waals surface area contributed by atoms with Gasteiger partial charge in [-0.2, -0.15) is 18.4 Å². The van der Waals surface area contributed by atoms with E-state index >= 15 is 0 Å². The first-order valence-electron chi connectivity index (χ1n) is 4.20. The topological polar surface area (TPSA) is 74.2 Å². The lowest BCUT2D eigenvalue weighted by molar-refractivity contribution is -0.138. The molecule has 4 nitrogen and oxygen atoms in total. The molecule has 0 amide bonds. The SMILES string of the molecule is N#CNC(N)=Nc1ccc(Br)c(C(F)(F)F)c1. The molecule has 0 unspecified atom stereocenters. The molecule has 0 radical (unpaired) electrons. The summed E-state index contributed by atoms with van der Waals surface area (Å²) in [5, 5.41) is 10.2. The van der Waals surface area contributed by atoms with Crippen LogP contribution in [0.2, 0.25) is 0 Å². The average Bonchev–Trinajstić information content (AvgIpc) is 2.19. The maximum atomic E-state index is 12.5. The molecule has 8 heteroatoms. The standard InChI is InChI=1S/C9H6BrF3N4/c10-7-2-1-5(17-8(15)16-4-14)3-6(7)9(11,12)13/h1-3H,(H3,15,16,17). The number of aliphatic imine (C=N–C) groups is 1. The molecule has 90 valence electrons. The number of nitrogens with two attached hydrogens (primary N) is 1. The van der Waals surface area contributed by atoms with E-state index in [0.29, 0.717) is 0 Å². The number of benzene rings is 1. The van der Waals surface area contributed by atoms with Crippen LogP contribution in [0.15, 0.2) is 27.7 Å². The Morgan fingerprint density at radius 2 is 2.12 bits per heavy atom. The van der Waals surface area contributed by atoms with E-state index in [0.717, 1.165) is 6.07 Å². The van der Waals surface area contributed by atoms with Crippen molar-refractivity contribution >= 4 is 27.6 Å². The molecule has 0 fully saturated rings. The van der Waals surface area contributed by atoms with E-state index in [1.807, 2.05) is 5.32 Å². The number of hydrogen-bond donors (Lipinski definition) is 2. The molecule has 0 aliphatic carbocycles. The molecule has 1 aromatic carbocycles. The Morgan fingerprint density at radius 3 is 2.65 bits per heavy atom. The van der Waals surface area contributed by atoms with E-state index < -0.39 is 11.7 Å². The molecular formula is C9H6BrF3N4. The maximum absolute atomic E-state index is 12.5. The Labute approximate surface area is 103 Å². The first-order chi connectivity index (χ1) is 7.84. The van der Waals surface area contributed by atoms with Gasteiger partial charge in [0.15, 0.2) is 6.19 Å². The first-order valence-corrected chi connectivity index (χ1v) is 5.00. The van der Waals surface area contributed by atoms with Crippen molar-refractivity contribution in [3.05, 3.63) is 28.2 Å². The number of nitriles is 1. The summed E-state index contributed by atoms with van der Waals surface area (Å²) in [6, 6.07) is 3.38. The van der Waals surface area contributed by atoms with Crippen LogP contribution in [0.3, 0.4) is 0 Å². The van der Waals surface area contributed by atoms with Crippen LogP contribution in [0.5, 0.6) is 0 Å². The zero-order valence-electron chi connectivity index (χ0n) is 8.22. The summed E-state index contributed by atoms with van der Waals surface area (Å²) in [7, 11) is 0. The summed E-state index contributed by atoms with van der Waals surface area (Å²) in [6.45, 7) is 0. The fourth-order valence-corrected chi connectivity index (χ4v) is 1.50. The van der Waals surface area contributed by atoms with Crippen LogP contribution in [0, 0.1) is 11.5 Å². The summed E-state index contributed by atoms with van der Waals surface area (Å²) in [5.41, 5.74) is 4.38. The third-order valence-corrected chi connectivity index (χ3v) is 2.38. The lowest BCUT2D eigenvalue weighted by atomic mass is 10.2. The molecule has 0 saturated heterocycles. The summed E-state index contributed by atoms with van der Waals surface area (Å²) in [6.07, 6.45) is -2.98. The fourth-order valence-electron chi connectivity index (χ4n) is 1.02. The summed E-state index contributed by atoms with van der Waals surface area (Å²) < 4.78 is 37.5. The van der Waals surface area contributed by atoms with E-state index in [-0.39, 0.29) is 16.1 Å². The van der Waals surface area contributed by atoms with Crippen LogP contribution < -0.4 is 11.1 Å². The summed E-state index contributed by atoms with van der Waals surface area (Å²) >= 11 is 2.80. The van der Waals surface area contributed by atoms with Crippen molar-refractivity contribution in [3.63, 3.8) is 0 Å². The zero-order valence-corrected chi connectivity index (χ0v) is 9.80. The van der Waals surface area contributed by atoms with Gasteiger partial charge in [-0.1, -0.05) is 15.9 Å². The van der Waals surface area contributed by atoms with Gasteiger partial charge in [-0.25, -0.2) is 4.99 Å². The van der Waals surface area contributed by atoms with Crippen LogP contribution in [0.25, 0.3) is 0 Å². The zero-order chi connectivity index (χ0) is 13.1. The molecule has 1 rings (SSSR count). The third-order valence-electron chi connectivity index (χ3n) is 1.69. The minimum absolute atomic E-state index is 0.000718. The van der Waals surface area contributed by atoms with Crippen molar-refractivity contribution in [2.24, 2.45) is 10.7 Å². The number of nitrogens with one attached hydrogen (secondary N) is 1. The number of halogens is 4. The molecule has 1 aromatic rings. The van der Waals surface area contributed by atoms with Crippen LogP contribution in [-0.2, 0) is 6.18 Å². The highest BCUT2D eigenvalue weighted by Gasteiger charge is 2.33. The van der Waals surface area contributed by atoms with Gasteiger partial charge in [-0.15, -0.1) is 0 Å². The van der Waals surface area contributed by atoms with Gasteiger partial charge in [0.1, 0.15) is 0 Å². The Bertz CT molecular complexity index is 490. The molecule has 17 heavy (non-hydrogen) atoms. The second-order valence-electron chi connectivity index (χ2n) is 2.90. The van der Waals surface area contributed by atoms with E-state index in [2.05, 4.69) is 20.9 Å². The second-order valence-corrected chi connectivity index (χ2v) is 3.75. The number of rotatable bonds is 1. The summed E-state index contributed by atoms with van der Waals surface area (Å²) in [5.74, 6) is -0.275. The van der Waals surface area contributed by atoms with Crippen molar-refractivity contribution in [1.82, 2.24) is 5.32 Å². The van der Waals surface area contributed by atoms with E-state index in [4.69, 9.17) is 11.0 Å². The van der Waals surface area contributed by atoms with Crippen molar-refractivity contribution in [3.8, 4) is 6.19 Å². The largest absolute Gasteiger partial charge is 0.417 e. The number of alkyl halides is 3. The van der Waals surface area contributed by atoms with Gasteiger partial charge in [-0.05, 0) is 18.2 Å². The second kappa shape index (κ2) is 5.05. The fraction of sp³-hybridized carbons (Fsp3) is 0.111. The van der Waals surface area contributed by atoms with Gasteiger partial charge in [0, 0.05) is 4.47 Å². The van der Waals surface area contributed by atoms with Crippen LogP contribution in [-0.4, -0.2) is 5.96 Å². The number of hydrogen-bond acceptors (Lipinski definition) is 2. The van der Waals surface area contributed by atoms with Gasteiger partial charge in [-0.3, -0.25) is 5.32 Å². The van der Waals surface area contributed by atoms with Crippen molar-refractivity contribution < 1.29 is 13.2 Å². The molecule has 0 heterocycles. The van der Waals surface area contributed by atoms with Gasteiger partial charge >= 0.3 is 6.18 Å². The highest BCUT2D eigenvalue weighted by molar-refractivity contribution is 9.10. The monoisotopic (exact) mass is 306 g/mol. The quantitative estimate of drug-likeness (QED) is 0.362. The first kappa shape index (κ1) is 13.3. The van der Waals surface area contributed by atoms with Gasteiger partial charge in [0.05, 0.1) is 11.3 Å². The van der Waals surface area contributed by atoms with Gasteiger partial charge in [0.25, 0.3) is 0 Å². The Kier molecular flexibility index (Phi) is 3.96. The molecule has 3 N–H and O–H groups in total. The van der Waals surface area contributed by atoms with Crippen LogP contribution in [0.1, 0.15) is 5.56 Å². The van der Waals surface area contributed by atoms with Gasteiger partial charge in [0.2, 0.25) is 5.96 Å². The molecular weight excluding hydrogens is 301 g/mol. The Hall–Kier alpha value is -1.75. The molecule has 0 bridgehead atoms. The van der Waals surface area contributed by atoms with E-state index in [1.54, 1.807) is 0 Å². The molecule has 0 spiro atoms. The summed E-state index contributed by atoms with van der Waals surface area (Å²) in [4.78, 5) is 3.60. The van der Waals surface area contributed by atoms with Crippen molar-refractivity contribution in [2.75, 3.05) is 0 Å². The molecule has 0 aliphatic rings. The lowest BCUT2D eigenvalue weighted by Crippen LogP contribution is -2.26. The van der Waals surface area contributed by atoms with E-state index in [1.165, 1.54) is 18.3 Å². The predicted octanol–water partition coefficient (Wildman–Crippen LogP) is 2.48. The number of nitrogens with zero attached hydrogens (tertiary/aromatic N) is 2. The van der Waals surface area contributed by atoms with Crippen molar-refractivity contribution in [1.29, 1.82) is 5.26 Å². The van der Waals surface area contributed by atoms with E-state index in [9.17, 15) is 13.2 Å². The van der Waals surface area contributed by atoms with Crippen LogP contribution in [0.4, 0.5) is 18.9 Å². The van der Waals surface area contributed by atoms with Gasteiger partial charge < -0.3 is 5.73 Å². The molecule has 0 saturated carbocycles. The Morgan fingerprint density at radius 1 is 1.47 bits per heavy atom. The smallest absolute Gasteiger partial charge is 0.369 e.